The summed E-state index contributed by atoms with van der Waals surface area (Å²) >= 11 is 1.86. The summed E-state index contributed by atoms with van der Waals surface area (Å²) in [6.07, 6.45) is 8.67. The standard InChI is InChI=1S/C16H20N4OS/c21-15-4-1-7-18-20(15)10-13-3-2-8-19(13)11-14-9-17-16(22-14)12-5-6-12/h1,4,7,9,12-13H,2-3,5-6,8,10-11H2. The maximum Gasteiger partial charge on any atom is 0.266 e. The molecule has 3 heterocycles. The van der Waals surface area contributed by atoms with E-state index in [-0.39, 0.29) is 5.56 Å². The number of aromatic nitrogens is 3. The van der Waals surface area contributed by atoms with Crippen LogP contribution in [0.1, 0.15) is 41.5 Å². The first-order valence-electron chi connectivity index (χ1n) is 8.00. The summed E-state index contributed by atoms with van der Waals surface area (Å²) in [6, 6.07) is 3.68. The predicted octanol–water partition coefficient (Wildman–Crippen LogP) is 2.24. The van der Waals surface area contributed by atoms with Crippen LogP contribution in [0.2, 0.25) is 0 Å². The van der Waals surface area contributed by atoms with E-state index < -0.39 is 0 Å². The molecule has 2 aliphatic rings. The van der Waals surface area contributed by atoms with Gasteiger partial charge in [0.25, 0.3) is 5.56 Å². The normalized spacial score (nSPS) is 22.3. The molecule has 0 aromatic carbocycles. The highest BCUT2D eigenvalue weighted by molar-refractivity contribution is 7.11. The second kappa shape index (κ2) is 5.93. The molecular formula is C16H20N4OS. The van der Waals surface area contributed by atoms with Gasteiger partial charge in [0.2, 0.25) is 0 Å². The largest absolute Gasteiger partial charge is 0.293 e. The van der Waals surface area contributed by atoms with E-state index in [0.717, 1.165) is 25.4 Å². The van der Waals surface area contributed by atoms with Crippen molar-refractivity contribution in [1.29, 1.82) is 0 Å². The Hall–Kier alpha value is -1.53. The third-order valence-electron chi connectivity index (χ3n) is 4.53. The second-order valence-corrected chi connectivity index (χ2v) is 7.40. The van der Waals surface area contributed by atoms with E-state index in [9.17, 15) is 4.79 Å². The molecule has 1 saturated carbocycles. The van der Waals surface area contributed by atoms with Gasteiger partial charge in [0, 0.05) is 41.8 Å². The van der Waals surface area contributed by atoms with Crippen molar-refractivity contribution in [3.8, 4) is 0 Å². The quantitative estimate of drug-likeness (QED) is 0.849. The van der Waals surface area contributed by atoms with Gasteiger partial charge in [0.05, 0.1) is 11.6 Å². The first-order chi connectivity index (χ1) is 10.8. The second-order valence-electron chi connectivity index (χ2n) is 6.25. The Labute approximate surface area is 133 Å². The molecule has 5 nitrogen and oxygen atoms in total. The van der Waals surface area contributed by atoms with Gasteiger partial charge in [-0.05, 0) is 38.3 Å². The predicted molar refractivity (Wildman–Crippen MR) is 86.0 cm³/mol. The molecule has 22 heavy (non-hydrogen) atoms. The summed E-state index contributed by atoms with van der Waals surface area (Å²) in [7, 11) is 0. The summed E-state index contributed by atoms with van der Waals surface area (Å²) in [5.41, 5.74) is -0.0110. The summed E-state index contributed by atoms with van der Waals surface area (Å²) in [4.78, 5) is 20.2. The Balaban J connectivity index is 1.44. The summed E-state index contributed by atoms with van der Waals surface area (Å²) in [6.45, 7) is 2.74. The van der Waals surface area contributed by atoms with Crippen molar-refractivity contribution in [3.63, 3.8) is 0 Å². The highest BCUT2D eigenvalue weighted by Crippen LogP contribution is 2.42. The van der Waals surface area contributed by atoms with Gasteiger partial charge in [-0.15, -0.1) is 11.3 Å². The minimum absolute atomic E-state index is 0.0110. The van der Waals surface area contributed by atoms with Gasteiger partial charge in [0.1, 0.15) is 0 Å². The van der Waals surface area contributed by atoms with Crippen molar-refractivity contribution in [2.24, 2.45) is 0 Å². The van der Waals surface area contributed by atoms with E-state index in [2.05, 4.69) is 15.0 Å². The zero-order chi connectivity index (χ0) is 14.9. The molecule has 2 aromatic rings. The Bertz CT molecular complexity index is 706. The highest BCUT2D eigenvalue weighted by atomic mass is 32.1. The van der Waals surface area contributed by atoms with Crippen LogP contribution < -0.4 is 5.56 Å². The Morgan fingerprint density at radius 2 is 2.23 bits per heavy atom. The Morgan fingerprint density at radius 3 is 3.05 bits per heavy atom. The van der Waals surface area contributed by atoms with Gasteiger partial charge >= 0.3 is 0 Å². The van der Waals surface area contributed by atoms with Crippen LogP contribution in [-0.4, -0.2) is 32.3 Å². The fourth-order valence-electron chi connectivity index (χ4n) is 3.15. The molecule has 1 aliphatic carbocycles. The molecule has 1 aliphatic heterocycles. The molecule has 6 heteroatoms. The van der Waals surface area contributed by atoms with Crippen LogP contribution >= 0.6 is 11.3 Å². The molecule has 0 amide bonds. The molecule has 4 rings (SSSR count). The SMILES string of the molecule is O=c1cccnn1CC1CCCN1Cc1cnc(C2CC2)s1. The fourth-order valence-corrected chi connectivity index (χ4v) is 4.26. The first kappa shape index (κ1) is 14.1. The third kappa shape index (κ3) is 2.98. The number of rotatable bonds is 5. The Kier molecular flexibility index (Phi) is 3.80. The average Bonchev–Trinajstić information content (AvgIpc) is 3.12. The summed E-state index contributed by atoms with van der Waals surface area (Å²) in [5, 5.41) is 5.50. The number of likely N-dealkylation sites (tertiary alicyclic amines) is 1. The zero-order valence-corrected chi connectivity index (χ0v) is 13.3. The van der Waals surface area contributed by atoms with E-state index in [1.54, 1.807) is 23.0 Å². The molecular weight excluding hydrogens is 296 g/mol. The lowest BCUT2D eigenvalue weighted by atomic mass is 10.2. The van der Waals surface area contributed by atoms with E-state index in [1.807, 2.05) is 17.5 Å². The van der Waals surface area contributed by atoms with Gasteiger partial charge in [-0.1, -0.05) is 0 Å². The zero-order valence-electron chi connectivity index (χ0n) is 12.5. The molecule has 1 atom stereocenters. The van der Waals surface area contributed by atoms with E-state index in [1.165, 1.54) is 29.1 Å². The van der Waals surface area contributed by atoms with Crippen LogP contribution in [-0.2, 0) is 13.1 Å². The van der Waals surface area contributed by atoms with Crippen LogP contribution in [0.4, 0.5) is 0 Å². The molecule has 2 fully saturated rings. The van der Waals surface area contributed by atoms with Crippen molar-refractivity contribution >= 4 is 11.3 Å². The molecule has 2 aromatic heterocycles. The molecule has 0 radical (unpaired) electrons. The smallest absolute Gasteiger partial charge is 0.266 e. The van der Waals surface area contributed by atoms with Crippen LogP contribution in [0.15, 0.2) is 29.3 Å². The van der Waals surface area contributed by atoms with Crippen molar-refractivity contribution in [3.05, 3.63) is 44.8 Å². The minimum atomic E-state index is -0.0110. The lowest BCUT2D eigenvalue weighted by Gasteiger charge is -2.23. The number of thiazole rings is 1. The van der Waals surface area contributed by atoms with Crippen LogP contribution in [0.5, 0.6) is 0 Å². The van der Waals surface area contributed by atoms with Gasteiger partial charge in [0.15, 0.2) is 0 Å². The van der Waals surface area contributed by atoms with Gasteiger partial charge in [-0.2, -0.15) is 5.10 Å². The molecule has 0 bridgehead atoms. The van der Waals surface area contributed by atoms with Gasteiger partial charge in [-0.3, -0.25) is 9.69 Å². The summed E-state index contributed by atoms with van der Waals surface area (Å²) in [5.74, 6) is 0.736. The van der Waals surface area contributed by atoms with Gasteiger partial charge < -0.3 is 0 Å². The van der Waals surface area contributed by atoms with Crippen molar-refractivity contribution in [2.45, 2.75) is 50.7 Å². The maximum atomic E-state index is 11.8. The monoisotopic (exact) mass is 316 g/mol. The fraction of sp³-hybridized carbons (Fsp3) is 0.562. The highest BCUT2D eigenvalue weighted by Gasteiger charge is 2.29. The number of hydrogen-bond donors (Lipinski definition) is 0. The molecule has 0 spiro atoms. The van der Waals surface area contributed by atoms with Crippen LogP contribution in [0.3, 0.4) is 0 Å². The van der Waals surface area contributed by atoms with Crippen LogP contribution in [0.25, 0.3) is 0 Å². The van der Waals surface area contributed by atoms with Gasteiger partial charge in [-0.25, -0.2) is 9.67 Å². The summed E-state index contributed by atoms with van der Waals surface area (Å²) < 4.78 is 1.59. The van der Waals surface area contributed by atoms with E-state index >= 15 is 0 Å². The number of nitrogens with zero attached hydrogens (tertiary/aromatic N) is 4. The van der Waals surface area contributed by atoms with Crippen molar-refractivity contribution in [1.82, 2.24) is 19.7 Å². The molecule has 116 valence electrons. The van der Waals surface area contributed by atoms with E-state index in [0.29, 0.717) is 12.6 Å². The lowest BCUT2D eigenvalue weighted by Crippen LogP contribution is -2.36. The lowest BCUT2D eigenvalue weighted by molar-refractivity contribution is 0.218. The van der Waals surface area contributed by atoms with Crippen molar-refractivity contribution < 1.29 is 0 Å². The topological polar surface area (TPSA) is 51.0 Å². The minimum Gasteiger partial charge on any atom is -0.293 e. The third-order valence-corrected chi connectivity index (χ3v) is 5.67. The molecule has 0 N–H and O–H groups in total. The number of hydrogen-bond acceptors (Lipinski definition) is 5. The molecule has 1 saturated heterocycles. The van der Waals surface area contributed by atoms with Crippen LogP contribution in [0, 0.1) is 0 Å². The first-order valence-corrected chi connectivity index (χ1v) is 8.82. The van der Waals surface area contributed by atoms with Crippen molar-refractivity contribution in [2.75, 3.05) is 6.54 Å². The molecule has 1 unspecified atom stereocenters. The van der Waals surface area contributed by atoms with E-state index in [4.69, 9.17) is 0 Å². The Morgan fingerprint density at radius 1 is 1.32 bits per heavy atom. The average molecular weight is 316 g/mol. The maximum absolute atomic E-state index is 11.8.